The Morgan fingerprint density at radius 1 is 1.13 bits per heavy atom. The summed E-state index contributed by atoms with van der Waals surface area (Å²) in [6.07, 6.45) is 0. The van der Waals surface area contributed by atoms with Crippen molar-refractivity contribution in [3.05, 3.63) is 76.1 Å². The van der Waals surface area contributed by atoms with Crippen molar-refractivity contribution in [2.45, 2.75) is 13.5 Å². The van der Waals surface area contributed by atoms with Gasteiger partial charge in [-0.2, -0.15) is 4.98 Å². The van der Waals surface area contributed by atoms with Crippen LogP contribution >= 0.6 is 0 Å². The Kier molecular flexibility index (Phi) is 5.85. The molecule has 31 heavy (non-hydrogen) atoms. The van der Waals surface area contributed by atoms with Crippen molar-refractivity contribution in [3.63, 3.8) is 0 Å². The van der Waals surface area contributed by atoms with E-state index in [9.17, 15) is 9.59 Å². The van der Waals surface area contributed by atoms with Crippen molar-refractivity contribution in [2.24, 2.45) is 0 Å². The predicted octanol–water partition coefficient (Wildman–Crippen LogP) is 2.57. The van der Waals surface area contributed by atoms with Gasteiger partial charge in [0, 0.05) is 24.8 Å². The first-order valence-electron chi connectivity index (χ1n) is 9.72. The molecule has 0 saturated carbocycles. The van der Waals surface area contributed by atoms with E-state index in [1.165, 1.54) is 0 Å². The molecule has 2 heterocycles. The number of carbonyl (C=O) groups excluding carboxylic acids is 1. The normalized spacial score (nSPS) is 11.0. The summed E-state index contributed by atoms with van der Waals surface area (Å²) >= 11 is 0. The van der Waals surface area contributed by atoms with E-state index in [1.807, 2.05) is 6.07 Å². The Bertz CT molecular complexity index is 1260. The fourth-order valence-electron chi connectivity index (χ4n) is 3.20. The van der Waals surface area contributed by atoms with Gasteiger partial charge in [0.25, 0.3) is 17.4 Å². The summed E-state index contributed by atoms with van der Waals surface area (Å²) in [4.78, 5) is 38.6. The first-order valence-corrected chi connectivity index (χ1v) is 9.72. The molecular weight excluding hydrogens is 398 g/mol. The number of fused-ring (bicyclic) bond motifs is 1. The molecule has 0 radical (unpaired) electrons. The molecular formula is C22H21N5O4. The first-order chi connectivity index (χ1) is 15.0. The second-order valence-corrected chi connectivity index (χ2v) is 6.97. The molecule has 0 aliphatic carbocycles. The van der Waals surface area contributed by atoms with Crippen LogP contribution in [-0.2, 0) is 11.3 Å². The third-order valence-electron chi connectivity index (χ3n) is 4.76. The Morgan fingerprint density at radius 2 is 1.90 bits per heavy atom. The quantitative estimate of drug-likeness (QED) is 0.490. The molecule has 1 amide bonds. The average Bonchev–Trinajstić information content (AvgIpc) is 3.22. The number of aromatic amines is 1. The lowest BCUT2D eigenvalue weighted by Gasteiger charge is -2.22. The Morgan fingerprint density at radius 3 is 2.61 bits per heavy atom. The van der Waals surface area contributed by atoms with Gasteiger partial charge in [0.1, 0.15) is 5.82 Å². The number of hydrogen-bond acceptors (Lipinski definition) is 7. The van der Waals surface area contributed by atoms with Gasteiger partial charge in [-0.15, -0.1) is 0 Å². The number of ether oxygens (including phenoxy) is 1. The number of nitrogens with zero attached hydrogens (tertiary/aromatic N) is 4. The molecule has 0 atom stereocenters. The fraction of sp³-hybridized carbons (Fsp3) is 0.227. The molecule has 4 aromatic rings. The number of para-hydroxylation sites is 1. The highest BCUT2D eigenvalue weighted by Gasteiger charge is 2.18. The Labute approximate surface area is 177 Å². The lowest BCUT2D eigenvalue weighted by molar-refractivity contribution is 0.0675. The number of amides is 1. The number of nitrogens with one attached hydrogen (secondary N) is 1. The molecule has 0 aliphatic heterocycles. The molecule has 4 rings (SSSR count). The zero-order valence-electron chi connectivity index (χ0n) is 17.2. The molecule has 0 saturated heterocycles. The highest BCUT2D eigenvalue weighted by Crippen LogP contribution is 2.19. The van der Waals surface area contributed by atoms with Crippen LogP contribution < -0.4 is 5.56 Å². The van der Waals surface area contributed by atoms with E-state index in [-0.39, 0.29) is 18.0 Å². The maximum atomic E-state index is 13.2. The van der Waals surface area contributed by atoms with Crippen molar-refractivity contribution >= 4 is 16.8 Å². The number of H-pyrrole nitrogens is 1. The number of methoxy groups -OCH3 is 1. The molecule has 9 nitrogen and oxygen atoms in total. The van der Waals surface area contributed by atoms with Gasteiger partial charge in [-0.25, -0.2) is 4.98 Å². The number of aryl methyl sites for hydroxylation is 1. The van der Waals surface area contributed by atoms with Crippen LogP contribution in [-0.4, -0.2) is 51.2 Å². The molecule has 9 heteroatoms. The Hall–Kier alpha value is -3.85. The van der Waals surface area contributed by atoms with Crippen LogP contribution in [0.1, 0.15) is 22.0 Å². The van der Waals surface area contributed by atoms with E-state index in [2.05, 4.69) is 20.1 Å². The van der Waals surface area contributed by atoms with E-state index < -0.39 is 0 Å². The number of rotatable bonds is 7. The smallest absolute Gasteiger partial charge is 0.258 e. The predicted molar refractivity (Wildman–Crippen MR) is 113 cm³/mol. The minimum absolute atomic E-state index is 0.146. The Balaban J connectivity index is 1.58. The summed E-state index contributed by atoms with van der Waals surface area (Å²) in [7, 11) is 1.57. The highest BCUT2D eigenvalue weighted by molar-refractivity contribution is 5.94. The SMILES string of the molecule is COCCN(Cc1nc2ccccc2c(=O)[nH]1)C(=O)c1ccc(-c2nc(C)no2)cc1. The van der Waals surface area contributed by atoms with E-state index in [1.54, 1.807) is 61.4 Å². The molecule has 0 fully saturated rings. The molecule has 2 aromatic heterocycles. The van der Waals surface area contributed by atoms with Gasteiger partial charge in [-0.3, -0.25) is 9.59 Å². The van der Waals surface area contributed by atoms with Crippen LogP contribution in [0, 0.1) is 6.92 Å². The van der Waals surface area contributed by atoms with Gasteiger partial charge in [-0.05, 0) is 43.3 Å². The molecule has 2 aromatic carbocycles. The maximum Gasteiger partial charge on any atom is 0.258 e. The second-order valence-electron chi connectivity index (χ2n) is 6.97. The number of benzene rings is 2. The lowest BCUT2D eigenvalue weighted by atomic mass is 10.1. The zero-order valence-corrected chi connectivity index (χ0v) is 17.2. The fourth-order valence-corrected chi connectivity index (χ4v) is 3.20. The number of hydrogen-bond donors (Lipinski definition) is 1. The monoisotopic (exact) mass is 419 g/mol. The number of carbonyl (C=O) groups is 1. The van der Waals surface area contributed by atoms with Gasteiger partial charge in [-0.1, -0.05) is 17.3 Å². The van der Waals surface area contributed by atoms with Gasteiger partial charge in [0.15, 0.2) is 5.82 Å². The average molecular weight is 419 g/mol. The van der Waals surface area contributed by atoms with Crippen LogP contribution in [0.4, 0.5) is 0 Å². The highest BCUT2D eigenvalue weighted by atomic mass is 16.5. The van der Waals surface area contributed by atoms with Crippen molar-refractivity contribution in [1.29, 1.82) is 0 Å². The summed E-state index contributed by atoms with van der Waals surface area (Å²) in [5, 5.41) is 4.28. The van der Waals surface area contributed by atoms with Crippen LogP contribution in [0.5, 0.6) is 0 Å². The second kappa shape index (κ2) is 8.88. The minimum atomic E-state index is -0.237. The van der Waals surface area contributed by atoms with Gasteiger partial charge >= 0.3 is 0 Å². The molecule has 1 N–H and O–H groups in total. The summed E-state index contributed by atoms with van der Waals surface area (Å²) < 4.78 is 10.3. The van der Waals surface area contributed by atoms with Crippen molar-refractivity contribution < 1.29 is 14.1 Å². The first kappa shape index (κ1) is 20.4. The van der Waals surface area contributed by atoms with Crippen molar-refractivity contribution in [3.8, 4) is 11.5 Å². The van der Waals surface area contributed by atoms with Crippen molar-refractivity contribution in [2.75, 3.05) is 20.3 Å². The minimum Gasteiger partial charge on any atom is -0.383 e. The molecule has 158 valence electrons. The molecule has 0 unspecified atom stereocenters. The third-order valence-corrected chi connectivity index (χ3v) is 4.76. The van der Waals surface area contributed by atoms with E-state index in [0.29, 0.717) is 47.2 Å². The molecule has 0 aliphatic rings. The van der Waals surface area contributed by atoms with E-state index in [4.69, 9.17) is 9.26 Å². The molecule has 0 bridgehead atoms. The van der Waals surface area contributed by atoms with Crippen LogP contribution in [0.15, 0.2) is 57.8 Å². The summed E-state index contributed by atoms with van der Waals surface area (Å²) in [5.74, 6) is 1.13. The van der Waals surface area contributed by atoms with Crippen molar-refractivity contribution in [1.82, 2.24) is 25.0 Å². The van der Waals surface area contributed by atoms with Crippen LogP contribution in [0.3, 0.4) is 0 Å². The van der Waals surface area contributed by atoms with E-state index >= 15 is 0 Å². The topological polar surface area (TPSA) is 114 Å². The van der Waals surface area contributed by atoms with Crippen LogP contribution in [0.25, 0.3) is 22.4 Å². The summed E-state index contributed by atoms with van der Waals surface area (Å²) in [5.41, 5.74) is 1.55. The zero-order chi connectivity index (χ0) is 21.8. The summed E-state index contributed by atoms with van der Waals surface area (Å²) in [6.45, 7) is 2.58. The largest absolute Gasteiger partial charge is 0.383 e. The molecule has 0 spiro atoms. The van der Waals surface area contributed by atoms with Gasteiger partial charge < -0.3 is 19.1 Å². The maximum absolute atomic E-state index is 13.2. The standard InChI is InChI=1S/C22H21N5O4/c1-14-23-21(31-26-14)15-7-9-16(10-8-15)22(29)27(11-12-30-2)13-19-24-18-6-4-3-5-17(18)20(28)25-19/h3-10H,11-13H2,1-2H3,(H,24,25,28). The van der Waals surface area contributed by atoms with E-state index in [0.717, 1.165) is 5.56 Å². The van der Waals surface area contributed by atoms with Gasteiger partial charge in [0.05, 0.1) is 24.1 Å². The lowest BCUT2D eigenvalue weighted by Crippen LogP contribution is -2.34. The van der Waals surface area contributed by atoms with Gasteiger partial charge in [0.2, 0.25) is 0 Å². The van der Waals surface area contributed by atoms with Crippen LogP contribution in [0.2, 0.25) is 0 Å². The number of aromatic nitrogens is 4. The summed E-state index contributed by atoms with van der Waals surface area (Å²) in [6, 6.07) is 14.0. The third kappa shape index (κ3) is 4.51.